The van der Waals surface area contributed by atoms with Crippen LogP contribution >= 0.6 is 18.5 Å². The Morgan fingerprint density at radius 3 is 0.917 bits per heavy atom. The van der Waals surface area contributed by atoms with E-state index in [9.17, 15) is 0 Å². The van der Waals surface area contributed by atoms with E-state index in [0.29, 0.717) is 11.8 Å². The number of rotatable bonds is 6. The maximum absolute atomic E-state index is 3.37. The van der Waals surface area contributed by atoms with Crippen LogP contribution in [-0.4, -0.2) is 0 Å². The van der Waals surface area contributed by atoms with E-state index < -0.39 is 0 Å². The van der Waals surface area contributed by atoms with Gasteiger partial charge in [0.25, 0.3) is 0 Å². The molecular weight excluding hydrogens is 470 g/mol. The van der Waals surface area contributed by atoms with Gasteiger partial charge in [0.15, 0.2) is 0 Å². The molecule has 0 heterocycles. The van der Waals surface area contributed by atoms with Crippen LogP contribution in [0.4, 0.5) is 0 Å². The summed E-state index contributed by atoms with van der Waals surface area (Å²) in [5.74, 6) is 0.953. The van der Waals surface area contributed by atoms with Crippen LogP contribution in [0.15, 0.2) is 97.1 Å². The van der Waals surface area contributed by atoms with Crippen molar-refractivity contribution in [2.45, 2.75) is 50.8 Å². The molecule has 0 bridgehead atoms. The number of hydrogen-bond acceptors (Lipinski definition) is 0. The van der Waals surface area contributed by atoms with Gasteiger partial charge in [-0.15, -0.1) is 18.5 Å². The van der Waals surface area contributed by atoms with Crippen molar-refractivity contribution in [3.05, 3.63) is 142 Å². The Hall–Kier alpha value is -2.26. The minimum atomic E-state index is -0.156. The summed E-state index contributed by atoms with van der Waals surface area (Å²) in [5.41, 5.74) is 10.9. The van der Waals surface area contributed by atoms with E-state index in [4.69, 9.17) is 0 Å². The van der Waals surface area contributed by atoms with Crippen LogP contribution in [-0.2, 0) is 10.3 Å². The first-order valence-corrected chi connectivity index (χ1v) is 14.2. The maximum atomic E-state index is 3.37. The Labute approximate surface area is 222 Å². The topological polar surface area (TPSA) is 0 Å². The highest BCUT2D eigenvalue weighted by Crippen LogP contribution is 2.64. The standard InChI is InChI=1S/C34H38P2/c1-23-9-5-13-27(19-23)33(35,28-14-6-10-24(2)20-28)31-17-18-32(31)34(36,29-15-7-11-25(3)21-29)30-16-8-12-26(4)22-30/h5-16,19-22,31-32H,17-18,35-36H2,1-4H3. The Bertz CT molecular complexity index is 1190. The highest BCUT2D eigenvalue weighted by molar-refractivity contribution is 7.19. The summed E-state index contributed by atoms with van der Waals surface area (Å²) in [6.45, 7) is 8.84. The van der Waals surface area contributed by atoms with E-state index in [0.717, 1.165) is 0 Å². The zero-order valence-electron chi connectivity index (χ0n) is 22.0. The molecule has 0 radical (unpaired) electrons. The largest absolute Gasteiger partial charge is 0.121 e. The zero-order valence-corrected chi connectivity index (χ0v) is 24.3. The molecule has 0 spiro atoms. The quantitative estimate of drug-likeness (QED) is 0.228. The minimum Gasteiger partial charge on any atom is -0.121 e. The van der Waals surface area contributed by atoms with E-state index in [1.807, 2.05) is 0 Å². The van der Waals surface area contributed by atoms with E-state index in [1.165, 1.54) is 57.3 Å². The van der Waals surface area contributed by atoms with Crippen LogP contribution in [0.3, 0.4) is 0 Å². The van der Waals surface area contributed by atoms with Gasteiger partial charge in [0.05, 0.1) is 0 Å². The zero-order chi connectivity index (χ0) is 25.5. The van der Waals surface area contributed by atoms with Crippen LogP contribution < -0.4 is 0 Å². The average Bonchev–Trinajstić information content (AvgIpc) is 2.83. The Balaban J connectivity index is 1.71. The molecule has 36 heavy (non-hydrogen) atoms. The van der Waals surface area contributed by atoms with E-state index in [2.05, 4.69) is 143 Å². The molecule has 0 amide bonds. The molecule has 1 aliphatic rings. The van der Waals surface area contributed by atoms with Gasteiger partial charge in [0, 0.05) is 10.3 Å². The maximum Gasteiger partial charge on any atom is 0.0375 e. The second-order valence-electron chi connectivity index (χ2n) is 11.0. The predicted molar refractivity (Wildman–Crippen MR) is 162 cm³/mol. The molecule has 0 nitrogen and oxygen atoms in total. The Morgan fingerprint density at radius 1 is 0.472 bits per heavy atom. The van der Waals surface area contributed by atoms with Crippen LogP contribution in [0.1, 0.15) is 57.3 Å². The lowest BCUT2D eigenvalue weighted by Gasteiger charge is -2.56. The average molecular weight is 509 g/mol. The predicted octanol–water partition coefficient (Wildman–Crippen LogP) is 8.88. The molecule has 1 saturated carbocycles. The summed E-state index contributed by atoms with van der Waals surface area (Å²) in [7, 11) is 6.73. The monoisotopic (exact) mass is 508 g/mol. The lowest BCUT2D eigenvalue weighted by atomic mass is 9.56. The first-order valence-electron chi connectivity index (χ1n) is 13.1. The van der Waals surface area contributed by atoms with Crippen molar-refractivity contribution in [2.75, 3.05) is 0 Å². The molecule has 0 saturated heterocycles. The molecule has 0 N–H and O–H groups in total. The summed E-state index contributed by atoms with van der Waals surface area (Å²) >= 11 is 0. The van der Waals surface area contributed by atoms with E-state index in [-0.39, 0.29) is 10.3 Å². The van der Waals surface area contributed by atoms with Crippen molar-refractivity contribution in [1.82, 2.24) is 0 Å². The van der Waals surface area contributed by atoms with E-state index in [1.54, 1.807) is 0 Å². The summed E-state index contributed by atoms with van der Waals surface area (Å²) in [4.78, 5) is 0. The van der Waals surface area contributed by atoms with Crippen molar-refractivity contribution in [3.63, 3.8) is 0 Å². The van der Waals surface area contributed by atoms with Gasteiger partial charge in [-0.1, -0.05) is 119 Å². The molecule has 2 heteroatoms. The fraction of sp³-hybridized carbons (Fsp3) is 0.294. The molecule has 0 aliphatic heterocycles. The molecule has 4 unspecified atom stereocenters. The Kier molecular flexibility index (Phi) is 6.98. The molecular formula is C34H38P2. The first-order chi connectivity index (χ1) is 17.2. The first kappa shape index (κ1) is 25.4. The summed E-state index contributed by atoms with van der Waals surface area (Å²) in [6, 6.07) is 36.7. The second kappa shape index (κ2) is 9.89. The summed E-state index contributed by atoms with van der Waals surface area (Å²) in [6.07, 6.45) is 2.42. The molecule has 4 atom stereocenters. The molecule has 0 aromatic heterocycles. The number of benzene rings is 4. The third-order valence-corrected chi connectivity index (χ3v) is 10.6. The highest BCUT2D eigenvalue weighted by Gasteiger charge is 2.54. The van der Waals surface area contributed by atoms with Gasteiger partial charge in [-0.25, -0.2) is 0 Å². The van der Waals surface area contributed by atoms with Crippen LogP contribution in [0.5, 0.6) is 0 Å². The molecule has 1 aliphatic carbocycles. The summed E-state index contributed by atoms with van der Waals surface area (Å²) in [5, 5.41) is -0.313. The highest BCUT2D eigenvalue weighted by atomic mass is 31.0. The third kappa shape index (κ3) is 4.38. The molecule has 5 rings (SSSR count). The van der Waals surface area contributed by atoms with Gasteiger partial charge in [-0.2, -0.15) is 0 Å². The number of aryl methyl sites for hydroxylation is 4. The smallest absolute Gasteiger partial charge is 0.0375 e. The van der Waals surface area contributed by atoms with Gasteiger partial charge >= 0.3 is 0 Å². The van der Waals surface area contributed by atoms with Gasteiger partial charge in [0.2, 0.25) is 0 Å². The van der Waals surface area contributed by atoms with Gasteiger partial charge in [-0.3, -0.25) is 0 Å². The lowest BCUT2D eigenvalue weighted by molar-refractivity contribution is 0.109. The molecule has 1 fully saturated rings. The van der Waals surface area contributed by atoms with Crippen LogP contribution in [0.25, 0.3) is 0 Å². The van der Waals surface area contributed by atoms with Crippen LogP contribution in [0, 0.1) is 39.5 Å². The Morgan fingerprint density at radius 2 is 0.722 bits per heavy atom. The van der Waals surface area contributed by atoms with Crippen molar-refractivity contribution >= 4 is 18.5 Å². The van der Waals surface area contributed by atoms with Gasteiger partial charge in [-0.05, 0) is 74.6 Å². The molecule has 4 aromatic carbocycles. The van der Waals surface area contributed by atoms with Crippen molar-refractivity contribution in [2.24, 2.45) is 11.8 Å². The van der Waals surface area contributed by atoms with Crippen LogP contribution in [0.2, 0.25) is 0 Å². The second-order valence-corrected chi connectivity index (χ2v) is 12.8. The number of hydrogen-bond donors (Lipinski definition) is 0. The van der Waals surface area contributed by atoms with Crippen molar-refractivity contribution in [3.8, 4) is 0 Å². The molecule has 4 aromatic rings. The fourth-order valence-electron chi connectivity index (χ4n) is 6.39. The fourth-order valence-corrected chi connectivity index (χ4v) is 7.91. The lowest BCUT2D eigenvalue weighted by Crippen LogP contribution is -2.49. The van der Waals surface area contributed by atoms with E-state index >= 15 is 0 Å². The third-order valence-electron chi connectivity index (χ3n) is 8.43. The SMILES string of the molecule is Cc1cccc(C(P)(c2cccc(C)c2)C2CCC2C(P)(c2cccc(C)c2)c2cccc(C)c2)c1. The van der Waals surface area contributed by atoms with Gasteiger partial charge < -0.3 is 0 Å². The summed E-state index contributed by atoms with van der Waals surface area (Å²) < 4.78 is 0. The molecule has 184 valence electrons. The van der Waals surface area contributed by atoms with Crippen molar-refractivity contribution in [1.29, 1.82) is 0 Å². The normalized spacial score (nSPS) is 18.1. The minimum absolute atomic E-state index is 0.156. The van der Waals surface area contributed by atoms with Crippen molar-refractivity contribution < 1.29 is 0 Å². The van der Waals surface area contributed by atoms with Gasteiger partial charge in [0.1, 0.15) is 0 Å².